The minimum Gasteiger partial charge on any atom is -0.370 e. The van der Waals surface area contributed by atoms with Gasteiger partial charge in [0.05, 0.1) is 0 Å². The Morgan fingerprint density at radius 2 is 2.05 bits per heavy atom. The summed E-state index contributed by atoms with van der Waals surface area (Å²) in [4.78, 5) is 16.1. The molecule has 0 aliphatic carbocycles. The molecule has 1 rings (SSSR count). The molecule has 0 aliphatic rings. The van der Waals surface area contributed by atoms with Gasteiger partial charge in [0.25, 0.3) is 5.91 Å². The zero-order valence-electron chi connectivity index (χ0n) is 13.1. The van der Waals surface area contributed by atoms with Gasteiger partial charge in [-0.15, -0.1) is 24.0 Å². The van der Waals surface area contributed by atoms with Crippen LogP contribution in [-0.2, 0) is 0 Å². The summed E-state index contributed by atoms with van der Waals surface area (Å²) in [6.45, 7) is 7.21. The molecule has 22 heavy (non-hydrogen) atoms. The Balaban J connectivity index is 0.00000441. The average molecular weight is 483 g/mol. The third-order valence-corrected chi connectivity index (χ3v) is 2.99. The van der Waals surface area contributed by atoms with E-state index in [4.69, 9.17) is 5.73 Å². The number of guanidine groups is 1. The van der Waals surface area contributed by atoms with Gasteiger partial charge in [0.1, 0.15) is 0 Å². The molecular weight excluding hydrogens is 459 g/mol. The molecular formula is C15H24BrIN4O. The molecule has 124 valence electrons. The highest BCUT2D eigenvalue weighted by atomic mass is 127. The minimum atomic E-state index is -0.0947. The molecule has 0 aromatic heterocycles. The predicted molar refractivity (Wildman–Crippen MR) is 106 cm³/mol. The lowest BCUT2D eigenvalue weighted by atomic mass is 10.1. The van der Waals surface area contributed by atoms with Gasteiger partial charge in [-0.05, 0) is 45.4 Å². The lowest BCUT2D eigenvalue weighted by Gasteiger charge is -2.20. The highest BCUT2D eigenvalue weighted by Crippen LogP contribution is 2.11. The fourth-order valence-electron chi connectivity index (χ4n) is 1.64. The molecule has 0 atom stereocenters. The van der Waals surface area contributed by atoms with Crippen LogP contribution in [0.2, 0.25) is 0 Å². The van der Waals surface area contributed by atoms with Crippen LogP contribution in [0.15, 0.2) is 33.7 Å². The zero-order chi connectivity index (χ0) is 15.9. The molecule has 0 aliphatic heterocycles. The van der Waals surface area contributed by atoms with E-state index in [-0.39, 0.29) is 35.4 Å². The molecule has 0 spiro atoms. The second kappa shape index (κ2) is 10.0. The molecule has 4 N–H and O–H groups in total. The van der Waals surface area contributed by atoms with Crippen molar-refractivity contribution in [3.05, 3.63) is 34.3 Å². The van der Waals surface area contributed by atoms with E-state index in [1.54, 1.807) is 12.1 Å². The van der Waals surface area contributed by atoms with Crippen LogP contribution in [-0.4, -0.2) is 30.5 Å². The van der Waals surface area contributed by atoms with Crippen molar-refractivity contribution in [2.24, 2.45) is 10.7 Å². The lowest BCUT2D eigenvalue weighted by Crippen LogP contribution is -2.45. The van der Waals surface area contributed by atoms with Crippen molar-refractivity contribution < 1.29 is 4.79 Å². The Kier molecular flexibility index (Phi) is 9.66. The van der Waals surface area contributed by atoms with Gasteiger partial charge in [0, 0.05) is 28.7 Å². The Hall–Kier alpha value is -0.830. The number of carbonyl (C=O) groups is 1. The van der Waals surface area contributed by atoms with Crippen LogP contribution >= 0.6 is 39.9 Å². The number of nitrogens with two attached hydrogens (primary N) is 1. The van der Waals surface area contributed by atoms with Crippen LogP contribution in [0, 0.1) is 0 Å². The summed E-state index contributed by atoms with van der Waals surface area (Å²) in [7, 11) is 0. The summed E-state index contributed by atoms with van der Waals surface area (Å²) in [5.74, 6) is 0.349. The molecule has 0 fully saturated rings. The van der Waals surface area contributed by atoms with Crippen LogP contribution in [0.1, 0.15) is 37.6 Å². The maximum Gasteiger partial charge on any atom is 0.251 e. The first-order valence-electron chi connectivity index (χ1n) is 6.90. The van der Waals surface area contributed by atoms with E-state index in [2.05, 4.69) is 31.6 Å². The monoisotopic (exact) mass is 482 g/mol. The van der Waals surface area contributed by atoms with Gasteiger partial charge in [0.2, 0.25) is 0 Å². The third kappa shape index (κ3) is 9.24. The number of amides is 1. The number of rotatable bonds is 5. The number of carbonyl (C=O) groups excluding carboxylic acids is 1. The molecule has 0 unspecified atom stereocenters. The molecule has 0 saturated carbocycles. The largest absolute Gasteiger partial charge is 0.370 e. The van der Waals surface area contributed by atoms with Crippen LogP contribution in [0.5, 0.6) is 0 Å². The Bertz CT molecular complexity index is 515. The van der Waals surface area contributed by atoms with Crippen LogP contribution in [0.3, 0.4) is 0 Å². The Morgan fingerprint density at radius 3 is 2.64 bits per heavy atom. The molecule has 1 aromatic rings. The fraction of sp³-hybridized carbons (Fsp3) is 0.467. The first kappa shape index (κ1) is 21.2. The molecule has 0 saturated heterocycles. The Morgan fingerprint density at radius 1 is 1.36 bits per heavy atom. The topological polar surface area (TPSA) is 79.5 Å². The summed E-state index contributed by atoms with van der Waals surface area (Å²) in [6, 6.07) is 7.29. The van der Waals surface area contributed by atoms with E-state index < -0.39 is 0 Å². The number of nitrogens with one attached hydrogen (secondary N) is 2. The van der Waals surface area contributed by atoms with Crippen LogP contribution < -0.4 is 16.4 Å². The maximum atomic E-state index is 11.9. The summed E-state index contributed by atoms with van der Waals surface area (Å²) >= 11 is 3.34. The first-order chi connectivity index (χ1) is 9.78. The highest BCUT2D eigenvalue weighted by Gasteiger charge is 2.09. The smallest absolute Gasteiger partial charge is 0.251 e. The van der Waals surface area contributed by atoms with E-state index in [0.29, 0.717) is 24.6 Å². The maximum absolute atomic E-state index is 11.9. The number of aliphatic imine (C=N–C) groups is 1. The van der Waals surface area contributed by atoms with Gasteiger partial charge in [-0.25, -0.2) is 0 Å². The van der Waals surface area contributed by atoms with Crippen molar-refractivity contribution in [3.63, 3.8) is 0 Å². The van der Waals surface area contributed by atoms with Crippen LogP contribution in [0.4, 0.5) is 0 Å². The molecule has 7 heteroatoms. The van der Waals surface area contributed by atoms with Crippen molar-refractivity contribution >= 4 is 51.8 Å². The first-order valence-corrected chi connectivity index (χ1v) is 7.69. The standard InChI is InChI=1S/C15H23BrN4O.HI/c1-15(2,3)20-14(17)19-9-5-8-18-13(21)11-6-4-7-12(16)10-11;/h4,6-7,10H,5,8-9H2,1-3H3,(H,18,21)(H3,17,19,20);1H. The van der Waals surface area contributed by atoms with E-state index in [1.807, 2.05) is 32.9 Å². The highest BCUT2D eigenvalue weighted by molar-refractivity contribution is 14.0. The van der Waals surface area contributed by atoms with E-state index >= 15 is 0 Å². The molecule has 1 amide bonds. The van der Waals surface area contributed by atoms with Crippen molar-refractivity contribution in [2.45, 2.75) is 32.7 Å². The van der Waals surface area contributed by atoms with Gasteiger partial charge in [-0.3, -0.25) is 9.79 Å². The van der Waals surface area contributed by atoms with Gasteiger partial charge < -0.3 is 16.4 Å². The van der Waals surface area contributed by atoms with Crippen molar-refractivity contribution in [1.82, 2.24) is 10.6 Å². The molecule has 0 bridgehead atoms. The second-order valence-electron chi connectivity index (χ2n) is 5.76. The quantitative estimate of drug-likeness (QED) is 0.261. The molecule has 1 aromatic carbocycles. The summed E-state index contributed by atoms with van der Waals surface area (Å²) in [5.41, 5.74) is 6.30. The third-order valence-electron chi connectivity index (χ3n) is 2.49. The van der Waals surface area contributed by atoms with Gasteiger partial charge >= 0.3 is 0 Å². The average Bonchev–Trinajstić information content (AvgIpc) is 2.36. The lowest BCUT2D eigenvalue weighted by molar-refractivity contribution is 0.0953. The van der Waals surface area contributed by atoms with E-state index in [9.17, 15) is 4.79 Å². The number of hydrogen-bond donors (Lipinski definition) is 3. The second-order valence-corrected chi connectivity index (χ2v) is 6.68. The Labute approximate surface area is 157 Å². The minimum absolute atomic E-state index is 0. The van der Waals surface area contributed by atoms with E-state index in [0.717, 1.165) is 10.9 Å². The zero-order valence-corrected chi connectivity index (χ0v) is 17.1. The van der Waals surface area contributed by atoms with Crippen molar-refractivity contribution in [2.75, 3.05) is 13.1 Å². The molecule has 0 heterocycles. The normalized spacial score (nSPS) is 11.5. The summed E-state index contributed by atoms with van der Waals surface area (Å²) in [5, 5.41) is 5.94. The number of hydrogen-bond acceptors (Lipinski definition) is 2. The van der Waals surface area contributed by atoms with Crippen molar-refractivity contribution in [1.29, 1.82) is 0 Å². The van der Waals surface area contributed by atoms with E-state index in [1.165, 1.54) is 0 Å². The fourth-order valence-corrected chi connectivity index (χ4v) is 2.04. The van der Waals surface area contributed by atoms with Gasteiger partial charge in [0.15, 0.2) is 5.96 Å². The molecule has 0 radical (unpaired) electrons. The number of benzene rings is 1. The number of nitrogens with zero attached hydrogens (tertiary/aromatic N) is 1. The van der Waals surface area contributed by atoms with Crippen molar-refractivity contribution in [3.8, 4) is 0 Å². The predicted octanol–water partition coefficient (Wildman–Crippen LogP) is 2.89. The molecule has 5 nitrogen and oxygen atoms in total. The summed E-state index contributed by atoms with van der Waals surface area (Å²) < 4.78 is 0.890. The van der Waals surface area contributed by atoms with Gasteiger partial charge in [-0.1, -0.05) is 22.0 Å². The summed E-state index contributed by atoms with van der Waals surface area (Å²) in [6.07, 6.45) is 0.742. The SMILES string of the molecule is CC(C)(C)NC(N)=NCCCNC(=O)c1cccc(Br)c1.I. The number of halogens is 2. The van der Waals surface area contributed by atoms with Crippen LogP contribution in [0.25, 0.3) is 0 Å². The van der Waals surface area contributed by atoms with Gasteiger partial charge in [-0.2, -0.15) is 0 Å².